The number of hydrogen-bond acceptors (Lipinski definition) is 3. The maximum atomic E-state index is 5.99. The van der Waals surface area contributed by atoms with Crippen LogP contribution in [0.3, 0.4) is 0 Å². The minimum absolute atomic E-state index is 0.396. The molecule has 6 heteroatoms. The van der Waals surface area contributed by atoms with Crippen LogP contribution < -0.4 is 0 Å². The topological polar surface area (TPSA) is 26.0 Å². The highest BCUT2D eigenvalue weighted by atomic mass is 79.9. The summed E-state index contributed by atoms with van der Waals surface area (Å²) in [6, 6.07) is 18.0. The molecule has 3 aromatic rings. The Morgan fingerprint density at radius 1 is 1.00 bits per heavy atom. The Balaban J connectivity index is 2.19. The van der Waals surface area contributed by atoms with Crippen molar-refractivity contribution in [1.29, 1.82) is 0 Å². The normalized spacial score (nSPS) is 11.6. The smallest absolute Gasteiger partial charge is 0.144 e. The van der Waals surface area contributed by atoms with Gasteiger partial charge in [-0.15, -0.1) is 11.8 Å². The predicted octanol–water partition coefficient (Wildman–Crippen LogP) is 4.57. The molecule has 0 amide bonds. The van der Waals surface area contributed by atoms with Crippen molar-refractivity contribution in [2.24, 2.45) is 0 Å². The summed E-state index contributed by atoms with van der Waals surface area (Å²) in [5.41, 5.74) is 3.42. The van der Waals surface area contributed by atoms with Gasteiger partial charge >= 0.3 is 0 Å². The van der Waals surface area contributed by atoms with Gasteiger partial charge in [0.15, 0.2) is 0 Å². The fourth-order valence-corrected chi connectivity index (χ4v) is 3.05. The van der Waals surface area contributed by atoms with Crippen LogP contribution in [-0.4, -0.2) is 27.1 Å². The highest BCUT2D eigenvalue weighted by Crippen LogP contribution is 2.40. The second-order valence-electron chi connectivity index (χ2n) is 5.10. The number of halogens is 1. The number of thioether (sulfide) groups is 1. The van der Waals surface area contributed by atoms with Crippen molar-refractivity contribution in [2.45, 2.75) is 9.02 Å². The van der Waals surface area contributed by atoms with E-state index in [-0.39, 0.29) is 0 Å². The highest BCUT2D eigenvalue weighted by Gasteiger charge is 2.28. The summed E-state index contributed by atoms with van der Waals surface area (Å²) in [5.74, 6) is 0.396. The molecule has 0 fully saturated rings. The number of alkyl halides is 1. The lowest BCUT2D eigenvalue weighted by molar-refractivity contribution is 0.391. The first kappa shape index (κ1) is 16.5. The van der Waals surface area contributed by atoms with Gasteiger partial charge < -0.3 is 4.52 Å². The lowest BCUT2D eigenvalue weighted by Gasteiger charge is -2.15. The lowest BCUT2D eigenvalue weighted by Crippen LogP contribution is -2.17. The minimum Gasteiger partial charge on any atom is -0.360 e. The molecular formula is C17H12B2BrNOS. The number of rotatable bonds is 4. The maximum absolute atomic E-state index is 5.99. The van der Waals surface area contributed by atoms with Gasteiger partial charge in [-0.1, -0.05) is 63.6 Å². The molecule has 0 aliphatic rings. The molecule has 0 N–H and O–H groups in total. The Labute approximate surface area is 151 Å². The minimum atomic E-state index is -1.29. The van der Waals surface area contributed by atoms with Crippen LogP contribution in [0.4, 0.5) is 0 Å². The molecule has 4 radical (unpaired) electrons. The van der Waals surface area contributed by atoms with Gasteiger partial charge in [0.05, 0.1) is 21.3 Å². The van der Waals surface area contributed by atoms with Crippen LogP contribution in [0.15, 0.2) is 64.0 Å². The molecule has 1 aromatic heterocycles. The van der Waals surface area contributed by atoms with Gasteiger partial charge in [0.25, 0.3) is 0 Å². The van der Waals surface area contributed by atoms with Gasteiger partial charge in [0, 0.05) is 14.6 Å². The lowest BCUT2D eigenvalue weighted by atomic mass is 9.67. The number of aromatic nitrogens is 1. The van der Waals surface area contributed by atoms with Crippen LogP contribution >= 0.6 is 27.7 Å². The van der Waals surface area contributed by atoms with Crippen LogP contribution in [0, 0.1) is 0 Å². The molecule has 1 heterocycles. The van der Waals surface area contributed by atoms with E-state index < -0.39 is 4.12 Å². The van der Waals surface area contributed by atoms with Crippen molar-refractivity contribution in [3.63, 3.8) is 0 Å². The quantitative estimate of drug-likeness (QED) is 0.377. The van der Waals surface area contributed by atoms with E-state index >= 15 is 0 Å². The molecule has 2 aromatic carbocycles. The summed E-state index contributed by atoms with van der Waals surface area (Å²) in [4.78, 5) is 1.19. The van der Waals surface area contributed by atoms with Crippen molar-refractivity contribution in [3.8, 4) is 22.4 Å². The summed E-state index contributed by atoms with van der Waals surface area (Å²) in [6.45, 7) is 0. The first-order valence-corrected chi connectivity index (χ1v) is 8.99. The van der Waals surface area contributed by atoms with E-state index in [0.717, 1.165) is 22.4 Å². The summed E-state index contributed by atoms with van der Waals surface area (Å²) in [5, 5.41) is 4.21. The third kappa shape index (κ3) is 3.43. The number of nitrogens with zero attached hydrogens (tertiary/aromatic N) is 1. The average molecular weight is 380 g/mol. The molecule has 0 unspecified atom stereocenters. The molecule has 0 saturated carbocycles. The zero-order valence-corrected chi connectivity index (χ0v) is 14.9. The molecule has 110 valence electrons. The molecule has 0 aliphatic heterocycles. The van der Waals surface area contributed by atoms with Crippen LogP contribution in [0.25, 0.3) is 22.4 Å². The average Bonchev–Trinajstić information content (AvgIpc) is 3.01. The van der Waals surface area contributed by atoms with E-state index in [0.29, 0.717) is 5.76 Å². The molecule has 0 atom stereocenters. The molecule has 3 rings (SSSR count). The number of hydrogen-bond donors (Lipinski definition) is 0. The van der Waals surface area contributed by atoms with Crippen molar-refractivity contribution in [1.82, 2.24) is 5.16 Å². The highest BCUT2D eigenvalue weighted by molar-refractivity contribution is 9.10. The third-order valence-electron chi connectivity index (χ3n) is 3.47. The van der Waals surface area contributed by atoms with Crippen LogP contribution in [-0.2, 0) is 4.12 Å². The van der Waals surface area contributed by atoms with Gasteiger partial charge in [-0.2, -0.15) is 0 Å². The Morgan fingerprint density at radius 2 is 1.65 bits per heavy atom. The molecule has 0 saturated heterocycles. The zero-order chi connectivity index (χ0) is 16.4. The summed E-state index contributed by atoms with van der Waals surface area (Å²) >= 11 is 4.95. The molecule has 0 bridgehead atoms. The molecular weight excluding hydrogens is 368 g/mol. The van der Waals surface area contributed by atoms with Crippen LogP contribution in [0.2, 0.25) is 0 Å². The zero-order valence-electron chi connectivity index (χ0n) is 12.5. The van der Waals surface area contributed by atoms with Crippen molar-refractivity contribution < 1.29 is 4.52 Å². The van der Waals surface area contributed by atoms with E-state index in [1.54, 1.807) is 11.8 Å². The summed E-state index contributed by atoms with van der Waals surface area (Å²) in [7, 11) is 12.0. The first-order valence-electron chi connectivity index (χ1n) is 6.97. The Kier molecular flexibility index (Phi) is 4.74. The van der Waals surface area contributed by atoms with Gasteiger partial charge in [0.2, 0.25) is 0 Å². The Bertz CT molecular complexity index is 798. The van der Waals surface area contributed by atoms with Crippen molar-refractivity contribution >= 4 is 43.4 Å². The third-order valence-corrected chi connectivity index (χ3v) is 4.57. The van der Waals surface area contributed by atoms with Crippen molar-refractivity contribution in [2.75, 3.05) is 6.26 Å². The maximum Gasteiger partial charge on any atom is 0.144 e. The van der Waals surface area contributed by atoms with E-state index in [1.807, 2.05) is 48.7 Å². The predicted molar refractivity (Wildman–Crippen MR) is 101 cm³/mol. The second-order valence-corrected chi connectivity index (χ2v) is 7.29. The van der Waals surface area contributed by atoms with Gasteiger partial charge in [-0.3, -0.25) is 0 Å². The molecule has 0 aliphatic carbocycles. The fourth-order valence-electron chi connectivity index (χ4n) is 2.37. The SMILES string of the molecule is [B]C([B])(Br)c1onc(-c2ccc(SC)cc2)c1-c1ccccc1. The standard InChI is InChI=1S/C17H12B2BrNOS/c1-23-13-9-7-12(8-10-13)15-14(11-5-3-2-4-6-11)16(22-21-15)17(18,19)20/h2-10H,1H3. The largest absolute Gasteiger partial charge is 0.360 e. The van der Waals surface area contributed by atoms with Crippen molar-refractivity contribution in [3.05, 3.63) is 60.4 Å². The molecule has 0 spiro atoms. The Morgan fingerprint density at radius 3 is 2.22 bits per heavy atom. The fraction of sp³-hybridized carbons (Fsp3) is 0.118. The molecule has 2 nitrogen and oxygen atoms in total. The number of benzene rings is 2. The summed E-state index contributed by atoms with van der Waals surface area (Å²) < 4.78 is 4.18. The van der Waals surface area contributed by atoms with Gasteiger partial charge in [-0.25, -0.2) is 0 Å². The van der Waals surface area contributed by atoms with E-state index in [1.165, 1.54) is 4.90 Å². The Hall–Kier alpha value is -1.39. The van der Waals surface area contributed by atoms with Gasteiger partial charge in [-0.05, 0) is 24.0 Å². The van der Waals surface area contributed by atoms with Crippen LogP contribution in [0.5, 0.6) is 0 Å². The van der Waals surface area contributed by atoms with E-state index in [9.17, 15) is 0 Å². The van der Waals surface area contributed by atoms with Gasteiger partial charge in [0.1, 0.15) is 11.5 Å². The van der Waals surface area contributed by atoms with E-state index in [4.69, 9.17) is 20.2 Å². The van der Waals surface area contributed by atoms with Crippen LogP contribution in [0.1, 0.15) is 5.76 Å². The van der Waals surface area contributed by atoms with E-state index in [2.05, 4.69) is 33.2 Å². The monoisotopic (exact) mass is 379 g/mol. The first-order chi connectivity index (χ1) is 11.0. The molecule has 23 heavy (non-hydrogen) atoms. The summed E-state index contributed by atoms with van der Waals surface area (Å²) in [6.07, 6.45) is 2.04. The second kappa shape index (κ2) is 6.62.